The fraction of sp³-hybridized carbons (Fsp3) is 0.250. The highest BCUT2D eigenvalue weighted by Crippen LogP contribution is 2.24. The van der Waals surface area contributed by atoms with E-state index >= 15 is 0 Å². The first-order valence-electron chi connectivity index (χ1n) is 8.99. The zero-order chi connectivity index (χ0) is 22.3. The van der Waals surface area contributed by atoms with Crippen molar-refractivity contribution in [3.8, 4) is 0 Å². The molecule has 3 N–H and O–H groups in total. The number of amides is 1. The van der Waals surface area contributed by atoms with Gasteiger partial charge in [-0.25, -0.2) is 4.79 Å². The molecular formula is C20H21N3O7. The quantitative estimate of drug-likeness (QED) is 0.245. The van der Waals surface area contributed by atoms with Crippen LogP contribution in [0.1, 0.15) is 34.6 Å². The summed E-state index contributed by atoms with van der Waals surface area (Å²) < 4.78 is 5.17. The molecule has 0 heterocycles. The molecule has 2 aromatic carbocycles. The SMILES string of the molecule is CC(=O)c1ccccc1NC(=O)C(C)OC(=O)c1cc([N+](=O)[O-])ccc1NCCO. The third-order valence-corrected chi connectivity index (χ3v) is 4.08. The lowest BCUT2D eigenvalue weighted by Gasteiger charge is -2.16. The third kappa shape index (κ3) is 5.61. The molecule has 0 bridgehead atoms. The summed E-state index contributed by atoms with van der Waals surface area (Å²) in [5.74, 6) is -1.87. The topological polar surface area (TPSA) is 148 Å². The summed E-state index contributed by atoms with van der Waals surface area (Å²) in [6.45, 7) is 2.58. The van der Waals surface area contributed by atoms with Crippen LogP contribution in [0.5, 0.6) is 0 Å². The Hall–Kier alpha value is -3.79. The predicted molar refractivity (Wildman–Crippen MR) is 109 cm³/mol. The second-order valence-corrected chi connectivity index (χ2v) is 6.28. The molecule has 158 valence electrons. The zero-order valence-electron chi connectivity index (χ0n) is 16.4. The molecule has 10 heteroatoms. The number of esters is 1. The number of non-ortho nitro benzene ring substituents is 1. The Morgan fingerprint density at radius 1 is 1.13 bits per heavy atom. The van der Waals surface area contributed by atoms with Crippen LogP contribution in [0.15, 0.2) is 42.5 Å². The largest absolute Gasteiger partial charge is 0.449 e. The molecule has 1 unspecified atom stereocenters. The number of ketones is 1. The first kappa shape index (κ1) is 22.5. The number of hydrogen-bond donors (Lipinski definition) is 3. The molecule has 2 aromatic rings. The minimum Gasteiger partial charge on any atom is -0.449 e. The Bertz CT molecular complexity index is 975. The van der Waals surface area contributed by atoms with Crippen LogP contribution in [-0.4, -0.2) is 46.9 Å². The molecule has 0 aliphatic heterocycles. The summed E-state index contributed by atoms with van der Waals surface area (Å²) in [6, 6.07) is 9.93. The van der Waals surface area contributed by atoms with Gasteiger partial charge in [0, 0.05) is 29.9 Å². The van der Waals surface area contributed by atoms with Gasteiger partial charge in [-0.2, -0.15) is 0 Å². The smallest absolute Gasteiger partial charge is 0.341 e. The van der Waals surface area contributed by atoms with Crippen molar-refractivity contribution in [2.75, 3.05) is 23.8 Å². The van der Waals surface area contributed by atoms with Crippen LogP contribution in [0.3, 0.4) is 0 Å². The molecule has 0 aliphatic carbocycles. The van der Waals surface area contributed by atoms with Gasteiger partial charge < -0.3 is 20.5 Å². The van der Waals surface area contributed by atoms with Gasteiger partial charge in [0.1, 0.15) is 0 Å². The Balaban J connectivity index is 2.18. The lowest BCUT2D eigenvalue weighted by atomic mass is 10.1. The van der Waals surface area contributed by atoms with E-state index in [0.29, 0.717) is 5.56 Å². The Morgan fingerprint density at radius 2 is 1.83 bits per heavy atom. The average Bonchev–Trinajstić information content (AvgIpc) is 2.72. The average molecular weight is 415 g/mol. The number of nitrogens with zero attached hydrogens (tertiary/aromatic N) is 1. The van der Waals surface area contributed by atoms with E-state index in [0.717, 1.165) is 6.07 Å². The highest BCUT2D eigenvalue weighted by atomic mass is 16.6. The lowest BCUT2D eigenvalue weighted by Crippen LogP contribution is -2.30. The molecule has 0 radical (unpaired) electrons. The number of nitro benzene ring substituents is 1. The minimum absolute atomic E-state index is 0.107. The number of Topliss-reactive ketones (excluding diaryl/α,β-unsaturated/α-hetero) is 1. The first-order valence-corrected chi connectivity index (χ1v) is 8.99. The highest BCUT2D eigenvalue weighted by molar-refractivity contribution is 6.05. The molecule has 0 spiro atoms. The number of ether oxygens (including phenoxy) is 1. The lowest BCUT2D eigenvalue weighted by molar-refractivity contribution is -0.384. The van der Waals surface area contributed by atoms with Crippen LogP contribution >= 0.6 is 0 Å². The monoisotopic (exact) mass is 415 g/mol. The number of aliphatic hydroxyl groups is 1. The minimum atomic E-state index is -1.25. The van der Waals surface area contributed by atoms with E-state index in [4.69, 9.17) is 9.84 Å². The molecule has 10 nitrogen and oxygen atoms in total. The molecule has 1 atom stereocenters. The van der Waals surface area contributed by atoms with Crippen molar-refractivity contribution >= 4 is 34.7 Å². The summed E-state index contributed by atoms with van der Waals surface area (Å²) in [5.41, 5.74) is 0.316. The van der Waals surface area contributed by atoms with Gasteiger partial charge in [0.15, 0.2) is 11.9 Å². The van der Waals surface area contributed by atoms with E-state index in [1.165, 1.54) is 26.0 Å². The molecule has 0 saturated heterocycles. The van der Waals surface area contributed by atoms with E-state index in [1.807, 2.05) is 0 Å². The van der Waals surface area contributed by atoms with Crippen molar-refractivity contribution in [2.24, 2.45) is 0 Å². The van der Waals surface area contributed by atoms with Crippen LogP contribution in [0.25, 0.3) is 0 Å². The Labute approximate surface area is 172 Å². The maximum Gasteiger partial charge on any atom is 0.341 e. The highest BCUT2D eigenvalue weighted by Gasteiger charge is 2.24. The second kappa shape index (κ2) is 10.1. The fourth-order valence-electron chi connectivity index (χ4n) is 2.57. The number of aliphatic hydroxyl groups excluding tert-OH is 1. The Morgan fingerprint density at radius 3 is 2.47 bits per heavy atom. The normalized spacial score (nSPS) is 11.3. The molecule has 30 heavy (non-hydrogen) atoms. The fourth-order valence-corrected chi connectivity index (χ4v) is 2.57. The van der Waals surface area contributed by atoms with Gasteiger partial charge >= 0.3 is 5.97 Å². The van der Waals surface area contributed by atoms with Gasteiger partial charge in [0.2, 0.25) is 0 Å². The van der Waals surface area contributed by atoms with Crippen LogP contribution in [0.2, 0.25) is 0 Å². The van der Waals surface area contributed by atoms with Crippen LogP contribution in [0.4, 0.5) is 17.1 Å². The van der Waals surface area contributed by atoms with Crippen molar-refractivity contribution < 1.29 is 29.2 Å². The third-order valence-electron chi connectivity index (χ3n) is 4.08. The number of hydrogen-bond acceptors (Lipinski definition) is 8. The molecule has 2 rings (SSSR count). The number of benzene rings is 2. The van der Waals surface area contributed by atoms with E-state index in [2.05, 4.69) is 10.6 Å². The number of nitro groups is 1. The predicted octanol–water partition coefficient (Wildman–Crippen LogP) is 2.39. The summed E-state index contributed by atoms with van der Waals surface area (Å²) in [5, 5.41) is 25.3. The number of rotatable bonds is 9. The van der Waals surface area contributed by atoms with Crippen molar-refractivity contribution in [3.05, 3.63) is 63.7 Å². The van der Waals surface area contributed by atoms with E-state index in [9.17, 15) is 24.5 Å². The summed E-state index contributed by atoms with van der Waals surface area (Å²) >= 11 is 0. The molecular weight excluding hydrogens is 394 g/mol. The van der Waals surface area contributed by atoms with Crippen molar-refractivity contribution in [1.82, 2.24) is 0 Å². The van der Waals surface area contributed by atoms with Crippen molar-refractivity contribution in [3.63, 3.8) is 0 Å². The number of carbonyl (C=O) groups excluding carboxylic acids is 3. The maximum absolute atomic E-state index is 12.6. The molecule has 0 aliphatic rings. The van der Waals surface area contributed by atoms with Crippen molar-refractivity contribution in [2.45, 2.75) is 20.0 Å². The zero-order valence-corrected chi connectivity index (χ0v) is 16.4. The van der Waals surface area contributed by atoms with E-state index in [-0.39, 0.29) is 41.6 Å². The van der Waals surface area contributed by atoms with Crippen molar-refractivity contribution in [1.29, 1.82) is 0 Å². The van der Waals surface area contributed by atoms with Gasteiger partial charge in [-0.1, -0.05) is 12.1 Å². The van der Waals surface area contributed by atoms with Gasteiger partial charge in [-0.3, -0.25) is 19.7 Å². The van der Waals surface area contributed by atoms with Gasteiger partial charge in [-0.05, 0) is 32.0 Å². The number of anilines is 2. The summed E-state index contributed by atoms with van der Waals surface area (Å²) in [6.07, 6.45) is -1.25. The number of para-hydroxylation sites is 1. The van der Waals surface area contributed by atoms with Gasteiger partial charge in [0.25, 0.3) is 11.6 Å². The Kier molecular flexibility index (Phi) is 7.59. The van der Waals surface area contributed by atoms with E-state index in [1.54, 1.807) is 24.3 Å². The number of nitrogens with one attached hydrogen (secondary N) is 2. The van der Waals surface area contributed by atoms with Crippen LogP contribution in [0, 0.1) is 10.1 Å². The van der Waals surface area contributed by atoms with Gasteiger partial charge in [-0.15, -0.1) is 0 Å². The van der Waals surface area contributed by atoms with E-state index < -0.39 is 22.9 Å². The van der Waals surface area contributed by atoms with Crippen LogP contribution < -0.4 is 10.6 Å². The molecule has 0 saturated carbocycles. The van der Waals surface area contributed by atoms with Gasteiger partial charge in [0.05, 0.1) is 22.8 Å². The second-order valence-electron chi connectivity index (χ2n) is 6.28. The number of carbonyl (C=O) groups is 3. The first-order chi connectivity index (χ1) is 14.2. The molecule has 0 fully saturated rings. The maximum atomic E-state index is 12.6. The van der Waals surface area contributed by atoms with Crippen LogP contribution in [-0.2, 0) is 9.53 Å². The molecule has 0 aromatic heterocycles. The summed E-state index contributed by atoms with van der Waals surface area (Å²) in [7, 11) is 0. The molecule has 1 amide bonds. The standard InChI is InChI=1S/C20H21N3O7/c1-12(25)15-5-3-4-6-18(15)22-19(26)13(2)30-20(27)16-11-14(23(28)29)7-8-17(16)21-9-10-24/h3-8,11,13,21,24H,9-10H2,1-2H3,(H,22,26). The summed E-state index contributed by atoms with van der Waals surface area (Å²) in [4.78, 5) is 47.0.